The van der Waals surface area contributed by atoms with E-state index in [9.17, 15) is 9.50 Å². The fraction of sp³-hybridized carbons (Fsp3) is 0.333. The molecule has 0 unspecified atom stereocenters. The molecule has 1 fully saturated rings. The Morgan fingerprint density at radius 2 is 2.05 bits per heavy atom. The Balaban J connectivity index is 1.57. The van der Waals surface area contributed by atoms with Crippen molar-refractivity contribution in [3.63, 3.8) is 0 Å². The molecule has 0 spiro atoms. The summed E-state index contributed by atoms with van der Waals surface area (Å²) in [5.41, 5.74) is 3.41. The Kier molecular flexibility index (Phi) is 7.25. The number of pyridine rings is 1. The van der Waals surface area contributed by atoms with Crippen LogP contribution in [0.2, 0.25) is 0 Å². The molecule has 10 heteroatoms. The van der Waals surface area contributed by atoms with Gasteiger partial charge in [0.25, 0.3) is 0 Å². The quantitative estimate of drug-likeness (QED) is 0.361. The van der Waals surface area contributed by atoms with E-state index < -0.39 is 5.82 Å². The average Bonchev–Trinajstić information content (AvgIpc) is 3.42. The maximum Gasteiger partial charge on any atom is 0.302 e. The number of ether oxygens (including phenoxy) is 2. The molecule has 9 nitrogen and oxygen atoms in total. The van der Waals surface area contributed by atoms with Crippen molar-refractivity contribution >= 4 is 11.3 Å². The van der Waals surface area contributed by atoms with Gasteiger partial charge >= 0.3 is 6.01 Å². The number of piperidine rings is 1. The molecule has 0 aliphatic carbocycles. The van der Waals surface area contributed by atoms with Crippen LogP contribution in [0.4, 0.5) is 10.1 Å². The number of aromatic nitrogens is 4. The van der Waals surface area contributed by atoms with Crippen LogP contribution in [-0.2, 0) is 0 Å². The van der Waals surface area contributed by atoms with E-state index in [1.165, 1.54) is 19.4 Å². The van der Waals surface area contributed by atoms with Crippen LogP contribution in [0, 0.1) is 18.3 Å². The minimum absolute atomic E-state index is 0.0956. The third-order valence-corrected chi connectivity index (χ3v) is 6.54. The molecule has 3 aromatic heterocycles. The van der Waals surface area contributed by atoms with Gasteiger partial charge in [-0.15, -0.1) is 0 Å². The SMILES string of the molecule is [C-]#[N+]c1ccc(-c2nc(OC[C@@H]3CCCN(CCO)C3)n3ccnc3c2-c2cnc(OC)c(F)c2)cc1. The second-order valence-corrected chi connectivity index (χ2v) is 8.96. The first-order chi connectivity index (χ1) is 18.1. The maximum atomic E-state index is 14.7. The van der Waals surface area contributed by atoms with Crippen LogP contribution in [0.5, 0.6) is 11.9 Å². The van der Waals surface area contributed by atoms with E-state index in [-0.39, 0.29) is 12.5 Å². The fourth-order valence-corrected chi connectivity index (χ4v) is 4.76. The first-order valence-corrected chi connectivity index (χ1v) is 12.1. The lowest BCUT2D eigenvalue weighted by molar-refractivity contribution is 0.107. The van der Waals surface area contributed by atoms with E-state index in [1.807, 2.05) is 12.1 Å². The molecule has 4 aromatic rings. The highest BCUT2D eigenvalue weighted by molar-refractivity contribution is 5.90. The van der Waals surface area contributed by atoms with Gasteiger partial charge < -0.3 is 19.5 Å². The van der Waals surface area contributed by atoms with Crippen LogP contribution < -0.4 is 9.47 Å². The van der Waals surface area contributed by atoms with Gasteiger partial charge in [0.2, 0.25) is 5.88 Å². The molecule has 0 saturated carbocycles. The van der Waals surface area contributed by atoms with E-state index in [2.05, 4.69) is 19.7 Å². The number of rotatable bonds is 8. The monoisotopic (exact) mass is 502 g/mol. The summed E-state index contributed by atoms with van der Waals surface area (Å²) in [5, 5.41) is 9.30. The number of fused-ring (bicyclic) bond motifs is 1. The van der Waals surface area contributed by atoms with Gasteiger partial charge in [-0.3, -0.25) is 4.40 Å². The lowest BCUT2D eigenvalue weighted by Crippen LogP contribution is -2.39. The highest BCUT2D eigenvalue weighted by Crippen LogP contribution is 2.37. The number of methoxy groups -OCH3 is 1. The molecule has 190 valence electrons. The van der Waals surface area contributed by atoms with Crippen molar-refractivity contribution in [1.82, 2.24) is 24.3 Å². The molecule has 1 saturated heterocycles. The van der Waals surface area contributed by atoms with Crippen LogP contribution in [-0.4, -0.2) is 69.3 Å². The van der Waals surface area contributed by atoms with Crippen LogP contribution >= 0.6 is 0 Å². The van der Waals surface area contributed by atoms with E-state index in [1.54, 1.807) is 28.9 Å². The smallest absolute Gasteiger partial charge is 0.302 e. The van der Waals surface area contributed by atoms with Crippen LogP contribution in [0.25, 0.3) is 32.9 Å². The van der Waals surface area contributed by atoms with Crippen molar-refractivity contribution in [2.75, 3.05) is 40.0 Å². The van der Waals surface area contributed by atoms with Crippen LogP contribution in [0.15, 0.2) is 48.9 Å². The first kappa shape index (κ1) is 24.6. The zero-order chi connectivity index (χ0) is 25.8. The van der Waals surface area contributed by atoms with Crippen molar-refractivity contribution in [2.45, 2.75) is 12.8 Å². The van der Waals surface area contributed by atoms with Gasteiger partial charge in [-0.05, 0) is 31.0 Å². The van der Waals surface area contributed by atoms with Crippen molar-refractivity contribution < 1.29 is 19.0 Å². The highest BCUT2D eigenvalue weighted by atomic mass is 19.1. The molecule has 5 rings (SSSR count). The first-order valence-electron chi connectivity index (χ1n) is 12.1. The predicted molar refractivity (Wildman–Crippen MR) is 136 cm³/mol. The molecule has 0 amide bonds. The Morgan fingerprint density at radius 1 is 1.22 bits per heavy atom. The summed E-state index contributed by atoms with van der Waals surface area (Å²) in [6.07, 6.45) is 7.03. The lowest BCUT2D eigenvalue weighted by atomic mass is 9.99. The fourth-order valence-electron chi connectivity index (χ4n) is 4.76. The lowest BCUT2D eigenvalue weighted by Gasteiger charge is -2.32. The Morgan fingerprint density at radius 3 is 2.78 bits per heavy atom. The largest absolute Gasteiger partial charge is 0.479 e. The molecule has 0 radical (unpaired) electrons. The molecule has 1 aliphatic heterocycles. The Hall–Kier alpha value is -4.07. The van der Waals surface area contributed by atoms with Gasteiger partial charge in [0.15, 0.2) is 17.2 Å². The Labute approximate surface area is 214 Å². The summed E-state index contributed by atoms with van der Waals surface area (Å²) in [6.45, 7) is 10.4. The minimum Gasteiger partial charge on any atom is -0.479 e. The molecule has 37 heavy (non-hydrogen) atoms. The van der Waals surface area contributed by atoms with Gasteiger partial charge in [-0.1, -0.05) is 24.3 Å². The summed E-state index contributed by atoms with van der Waals surface area (Å²) >= 11 is 0. The molecule has 1 aromatic carbocycles. The number of nitrogens with zero attached hydrogens (tertiary/aromatic N) is 6. The van der Waals surface area contributed by atoms with Gasteiger partial charge in [-0.25, -0.2) is 19.2 Å². The van der Waals surface area contributed by atoms with E-state index in [0.717, 1.165) is 31.5 Å². The minimum atomic E-state index is -0.593. The Bertz CT molecular complexity index is 1430. The number of benzene rings is 1. The van der Waals surface area contributed by atoms with Crippen LogP contribution in [0.3, 0.4) is 0 Å². The van der Waals surface area contributed by atoms with Gasteiger partial charge in [0.1, 0.15) is 0 Å². The number of aliphatic hydroxyl groups is 1. The number of halogens is 1. The van der Waals surface area contributed by atoms with Crippen molar-refractivity contribution in [3.8, 4) is 34.3 Å². The van der Waals surface area contributed by atoms with E-state index in [0.29, 0.717) is 53.2 Å². The topological polar surface area (TPSA) is 89.4 Å². The molecule has 1 aliphatic rings. The van der Waals surface area contributed by atoms with Crippen molar-refractivity contribution in [3.05, 3.63) is 66.2 Å². The third kappa shape index (κ3) is 5.09. The standard InChI is InChI=1S/C27H27FN6O3/c1-29-21-7-5-19(6-8-21)24-23(20-14-22(28)26(36-2)31-15-20)25-30-9-11-34(25)27(32-24)37-17-18-4-3-10-33(16-18)12-13-35/h5-9,11,14-15,18,35H,3-4,10,12-13,16-17H2,2H3/t18-/m1/s1. The van der Waals surface area contributed by atoms with Crippen molar-refractivity contribution in [1.29, 1.82) is 0 Å². The highest BCUT2D eigenvalue weighted by Gasteiger charge is 2.23. The van der Waals surface area contributed by atoms with Crippen molar-refractivity contribution in [2.24, 2.45) is 5.92 Å². The molecule has 1 atom stereocenters. The molecule has 4 heterocycles. The van der Waals surface area contributed by atoms with Gasteiger partial charge in [0.05, 0.1) is 38.2 Å². The second kappa shape index (κ2) is 10.9. The molecular formula is C27H27FN6O3. The zero-order valence-corrected chi connectivity index (χ0v) is 20.5. The molecule has 1 N–H and O–H groups in total. The van der Waals surface area contributed by atoms with Gasteiger partial charge in [0, 0.05) is 43.2 Å². The number of β-amino-alcohol motifs (C(OH)–C–C–N with tert-alkyl or cyclic N) is 1. The summed E-state index contributed by atoms with van der Waals surface area (Å²) in [5.74, 6) is -0.382. The number of hydrogen-bond acceptors (Lipinski definition) is 7. The maximum absolute atomic E-state index is 14.7. The average molecular weight is 503 g/mol. The summed E-state index contributed by atoms with van der Waals surface area (Å²) in [7, 11) is 1.37. The predicted octanol–water partition coefficient (Wildman–Crippen LogP) is 4.24. The summed E-state index contributed by atoms with van der Waals surface area (Å²) < 4.78 is 27.7. The van der Waals surface area contributed by atoms with Gasteiger partial charge in [-0.2, -0.15) is 4.98 Å². The zero-order valence-electron chi connectivity index (χ0n) is 20.5. The number of hydrogen-bond donors (Lipinski definition) is 1. The number of likely N-dealkylation sites (tertiary alicyclic amines) is 1. The van der Waals surface area contributed by atoms with E-state index >= 15 is 0 Å². The van der Waals surface area contributed by atoms with Crippen LogP contribution in [0.1, 0.15) is 12.8 Å². The van der Waals surface area contributed by atoms with E-state index in [4.69, 9.17) is 21.0 Å². The molecule has 0 bridgehead atoms. The molecular weight excluding hydrogens is 475 g/mol. The number of imidazole rings is 1. The summed E-state index contributed by atoms with van der Waals surface area (Å²) in [4.78, 5) is 19.3. The third-order valence-electron chi connectivity index (χ3n) is 6.54. The normalized spacial score (nSPS) is 16.0. The second-order valence-electron chi connectivity index (χ2n) is 8.96. The summed E-state index contributed by atoms with van der Waals surface area (Å²) in [6, 6.07) is 8.78. The number of aliphatic hydroxyl groups excluding tert-OH is 1.